The number of aromatic nitrogens is 1. The van der Waals surface area contributed by atoms with Gasteiger partial charge in [-0.2, -0.15) is 0 Å². The van der Waals surface area contributed by atoms with Gasteiger partial charge in [0.1, 0.15) is 11.5 Å². The van der Waals surface area contributed by atoms with Crippen LogP contribution in [0.4, 0.5) is 0 Å². The van der Waals surface area contributed by atoms with Crippen LogP contribution in [0.3, 0.4) is 0 Å². The zero-order valence-corrected chi connectivity index (χ0v) is 15.5. The van der Waals surface area contributed by atoms with Gasteiger partial charge in [0.15, 0.2) is 11.9 Å². The normalized spacial score (nSPS) is 15.4. The standard InChI is InChI=1S/C22H19NO5/c1-3-26-22(25)13(2)27-15-8-9-17-19(11-15)28-20(21(17)24)10-14-12-23-18-7-5-4-6-16(14)18/h4-13,23H,3H2,1-2H3. The monoisotopic (exact) mass is 377 g/mol. The maximum absolute atomic E-state index is 12.7. The molecule has 0 fully saturated rings. The molecule has 0 spiro atoms. The van der Waals surface area contributed by atoms with Gasteiger partial charge in [-0.05, 0) is 38.1 Å². The van der Waals surface area contributed by atoms with E-state index in [1.807, 2.05) is 30.5 Å². The molecular weight excluding hydrogens is 358 g/mol. The lowest BCUT2D eigenvalue weighted by molar-refractivity contribution is -0.150. The van der Waals surface area contributed by atoms with Gasteiger partial charge >= 0.3 is 5.97 Å². The summed E-state index contributed by atoms with van der Waals surface area (Å²) < 4.78 is 16.3. The molecule has 0 saturated carbocycles. The van der Waals surface area contributed by atoms with Crippen molar-refractivity contribution in [1.29, 1.82) is 0 Å². The Bertz CT molecular complexity index is 1100. The third-order valence-corrected chi connectivity index (χ3v) is 4.48. The van der Waals surface area contributed by atoms with Crippen LogP contribution in [0.25, 0.3) is 17.0 Å². The zero-order valence-electron chi connectivity index (χ0n) is 15.5. The molecule has 2 heterocycles. The second kappa shape index (κ2) is 7.23. The number of carbonyl (C=O) groups excluding carboxylic acids is 2. The first-order valence-corrected chi connectivity index (χ1v) is 9.04. The van der Waals surface area contributed by atoms with Crippen molar-refractivity contribution in [2.45, 2.75) is 20.0 Å². The largest absolute Gasteiger partial charge is 0.479 e. The summed E-state index contributed by atoms with van der Waals surface area (Å²) >= 11 is 0. The van der Waals surface area contributed by atoms with Crippen molar-refractivity contribution in [2.24, 2.45) is 0 Å². The van der Waals surface area contributed by atoms with Gasteiger partial charge in [0.05, 0.1) is 12.2 Å². The Kier molecular flexibility index (Phi) is 4.61. The lowest BCUT2D eigenvalue weighted by Gasteiger charge is -2.13. The molecule has 6 nitrogen and oxygen atoms in total. The zero-order chi connectivity index (χ0) is 19.7. The number of hydrogen-bond donors (Lipinski definition) is 1. The van der Waals surface area contributed by atoms with Crippen LogP contribution >= 0.6 is 0 Å². The first kappa shape index (κ1) is 17.9. The molecule has 1 aromatic heterocycles. The third kappa shape index (κ3) is 3.24. The van der Waals surface area contributed by atoms with Gasteiger partial charge in [-0.3, -0.25) is 4.79 Å². The number of para-hydroxylation sites is 1. The summed E-state index contributed by atoms with van der Waals surface area (Å²) in [5.74, 6) is 0.450. The number of nitrogens with one attached hydrogen (secondary N) is 1. The Morgan fingerprint density at radius 1 is 1.25 bits per heavy atom. The lowest BCUT2D eigenvalue weighted by atomic mass is 10.1. The quantitative estimate of drug-likeness (QED) is 0.535. The molecule has 0 radical (unpaired) electrons. The van der Waals surface area contributed by atoms with Crippen molar-refractivity contribution < 1.29 is 23.8 Å². The highest BCUT2D eigenvalue weighted by molar-refractivity contribution is 6.15. The molecule has 0 aliphatic carbocycles. The number of esters is 1. The van der Waals surface area contributed by atoms with Gasteiger partial charge in [-0.1, -0.05) is 18.2 Å². The second-order valence-electron chi connectivity index (χ2n) is 6.40. The van der Waals surface area contributed by atoms with E-state index in [1.165, 1.54) is 0 Å². The maximum atomic E-state index is 12.7. The average molecular weight is 377 g/mol. The fourth-order valence-corrected chi connectivity index (χ4v) is 3.11. The van der Waals surface area contributed by atoms with Gasteiger partial charge in [-0.25, -0.2) is 4.79 Å². The van der Waals surface area contributed by atoms with Crippen LogP contribution in [0.15, 0.2) is 54.4 Å². The minimum Gasteiger partial charge on any atom is -0.479 e. The molecule has 1 aliphatic rings. The van der Waals surface area contributed by atoms with E-state index in [0.29, 0.717) is 17.1 Å². The second-order valence-corrected chi connectivity index (χ2v) is 6.40. The number of allylic oxidation sites excluding steroid dienone is 1. The molecule has 28 heavy (non-hydrogen) atoms. The van der Waals surface area contributed by atoms with Crippen molar-refractivity contribution in [3.63, 3.8) is 0 Å². The van der Waals surface area contributed by atoms with Crippen LogP contribution in [0.2, 0.25) is 0 Å². The summed E-state index contributed by atoms with van der Waals surface area (Å²) in [5.41, 5.74) is 2.32. The van der Waals surface area contributed by atoms with Crippen LogP contribution in [-0.4, -0.2) is 29.4 Å². The molecule has 0 amide bonds. The van der Waals surface area contributed by atoms with Crippen molar-refractivity contribution >= 4 is 28.7 Å². The first-order valence-electron chi connectivity index (χ1n) is 9.04. The van der Waals surface area contributed by atoms with Crippen LogP contribution in [0.5, 0.6) is 11.5 Å². The van der Waals surface area contributed by atoms with Crippen molar-refractivity contribution in [2.75, 3.05) is 6.61 Å². The fraction of sp³-hybridized carbons (Fsp3) is 0.182. The number of fused-ring (bicyclic) bond motifs is 2. The minimum atomic E-state index is -0.753. The highest BCUT2D eigenvalue weighted by Crippen LogP contribution is 2.35. The molecule has 0 saturated heterocycles. The molecule has 1 atom stereocenters. The van der Waals surface area contributed by atoms with Crippen LogP contribution < -0.4 is 9.47 Å². The topological polar surface area (TPSA) is 77.6 Å². The van der Waals surface area contributed by atoms with E-state index in [9.17, 15) is 9.59 Å². The Morgan fingerprint density at radius 3 is 2.89 bits per heavy atom. The van der Waals surface area contributed by atoms with Gasteiger partial charge in [0.25, 0.3) is 0 Å². The maximum Gasteiger partial charge on any atom is 0.347 e. The molecular formula is C22H19NO5. The van der Waals surface area contributed by atoms with Crippen molar-refractivity contribution in [3.8, 4) is 11.5 Å². The number of H-pyrrole nitrogens is 1. The number of aromatic amines is 1. The van der Waals surface area contributed by atoms with E-state index in [4.69, 9.17) is 14.2 Å². The van der Waals surface area contributed by atoms with E-state index in [-0.39, 0.29) is 18.1 Å². The molecule has 1 N–H and O–H groups in total. The Labute approximate surface area is 161 Å². The van der Waals surface area contributed by atoms with Gasteiger partial charge < -0.3 is 19.2 Å². The number of rotatable bonds is 5. The van der Waals surface area contributed by atoms with Gasteiger partial charge in [0.2, 0.25) is 5.78 Å². The molecule has 1 unspecified atom stereocenters. The average Bonchev–Trinajstić information content (AvgIpc) is 3.23. The van der Waals surface area contributed by atoms with Gasteiger partial charge in [-0.15, -0.1) is 0 Å². The predicted molar refractivity (Wildman–Crippen MR) is 104 cm³/mol. The Balaban J connectivity index is 1.57. The van der Waals surface area contributed by atoms with Crippen LogP contribution in [-0.2, 0) is 9.53 Å². The SMILES string of the molecule is CCOC(=O)C(C)Oc1ccc2c(c1)OC(=Cc1c[nH]c3ccccc13)C2=O. The molecule has 0 bridgehead atoms. The molecule has 2 aromatic carbocycles. The summed E-state index contributed by atoms with van der Waals surface area (Å²) in [7, 11) is 0. The minimum absolute atomic E-state index is 0.190. The molecule has 3 aromatic rings. The van der Waals surface area contributed by atoms with E-state index in [2.05, 4.69) is 4.98 Å². The first-order chi connectivity index (χ1) is 13.6. The molecule has 1 aliphatic heterocycles. The summed E-state index contributed by atoms with van der Waals surface area (Å²) in [6.45, 7) is 3.64. The number of carbonyl (C=O) groups is 2. The number of ketones is 1. The van der Waals surface area contributed by atoms with Crippen molar-refractivity contribution in [3.05, 3.63) is 65.5 Å². The number of hydrogen-bond acceptors (Lipinski definition) is 5. The van der Waals surface area contributed by atoms with Crippen molar-refractivity contribution in [1.82, 2.24) is 4.98 Å². The summed E-state index contributed by atoms with van der Waals surface area (Å²) in [6, 6.07) is 12.7. The number of benzene rings is 2. The summed E-state index contributed by atoms with van der Waals surface area (Å²) in [4.78, 5) is 27.6. The molecule has 142 valence electrons. The van der Waals surface area contributed by atoms with E-state index in [0.717, 1.165) is 16.5 Å². The highest BCUT2D eigenvalue weighted by Gasteiger charge is 2.28. The highest BCUT2D eigenvalue weighted by atomic mass is 16.6. The summed E-state index contributed by atoms with van der Waals surface area (Å²) in [6.07, 6.45) is 2.81. The molecule has 4 rings (SSSR count). The van der Waals surface area contributed by atoms with E-state index < -0.39 is 12.1 Å². The Hall–Kier alpha value is -3.54. The summed E-state index contributed by atoms with van der Waals surface area (Å²) in [5, 5.41) is 1.01. The Morgan fingerprint density at radius 2 is 2.07 bits per heavy atom. The predicted octanol–water partition coefficient (Wildman–Crippen LogP) is 4.11. The third-order valence-electron chi connectivity index (χ3n) is 4.48. The lowest BCUT2D eigenvalue weighted by Crippen LogP contribution is -2.26. The smallest absolute Gasteiger partial charge is 0.347 e. The molecule has 6 heteroatoms. The van der Waals surface area contributed by atoms with Crippen LogP contribution in [0.1, 0.15) is 29.8 Å². The van der Waals surface area contributed by atoms with Crippen LogP contribution in [0, 0.1) is 0 Å². The fourth-order valence-electron chi connectivity index (χ4n) is 3.11. The van der Waals surface area contributed by atoms with Gasteiger partial charge in [0, 0.05) is 28.7 Å². The van der Waals surface area contributed by atoms with E-state index in [1.54, 1.807) is 38.1 Å². The van der Waals surface area contributed by atoms with E-state index >= 15 is 0 Å². The number of Topliss-reactive ketones (excluding diaryl/α,β-unsaturated/α-hetero) is 1. The number of ether oxygens (including phenoxy) is 3.